The van der Waals surface area contributed by atoms with E-state index in [1.165, 1.54) is 0 Å². The van der Waals surface area contributed by atoms with Crippen molar-refractivity contribution in [2.24, 2.45) is 0 Å². The summed E-state index contributed by atoms with van der Waals surface area (Å²) in [5.74, 6) is -2.91. The van der Waals surface area contributed by atoms with E-state index < -0.39 is 36.9 Å². The number of oxazole rings is 1. The molecule has 0 radical (unpaired) electrons. The molecular weight excluding hydrogens is 262 g/mol. The highest BCUT2D eigenvalue weighted by molar-refractivity contribution is 5.85. The van der Waals surface area contributed by atoms with Crippen LogP contribution in [0.1, 0.15) is 28.6 Å². The number of hydrogen-bond donors (Lipinski definition) is 1. The molecule has 0 fully saturated rings. The third kappa shape index (κ3) is 3.99. The normalized spacial score (nSPS) is 11.4. The molecule has 0 aliphatic heterocycles. The zero-order valence-corrected chi connectivity index (χ0v) is 8.91. The fourth-order valence-electron chi connectivity index (χ4n) is 1.12. The Bertz CT molecular complexity index is 407. The third-order valence-corrected chi connectivity index (χ3v) is 1.80. The second kappa shape index (κ2) is 6.34. The van der Waals surface area contributed by atoms with Crippen LogP contribution in [0.15, 0.2) is 4.42 Å². The molecule has 1 rings (SSSR count). The lowest BCUT2D eigenvalue weighted by Crippen LogP contribution is -2.07. The number of aromatic carboxylic acids is 1. The summed E-state index contributed by atoms with van der Waals surface area (Å²) in [4.78, 5) is 13.8. The number of hydrogen-bond acceptors (Lipinski definition) is 4. The molecule has 0 amide bonds. The lowest BCUT2D eigenvalue weighted by atomic mass is 10.3. The maximum Gasteiger partial charge on any atom is 0.374 e. The van der Waals surface area contributed by atoms with E-state index >= 15 is 0 Å². The van der Waals surface area contributed by atoms with Crippen LogP contribution in [0.4, 0.5) is 17.6 Å². The van der Waals surface area contributed by atoms with Crippen molar-refractivity contribution in [2.45, 2.75) is 19.3 Å². The van der Waals surface area contributed by atoms with Gasteiger partial charge in [0.05, 0.1) is 6.61 Å². The molecule has 1 aromatic heterocycles. The van der Waals surface area contributed by atoms with Crippen LogP contribution in [0.5, 0.6) is 0 Å². The molecule has 1 aromatic rings. The number of halogens is 4. The minimum atomic E-state index is -3.09. The van der Waals surface area contributed by atoms with E-state index in [4.69, 9.17) is 5.11 Å². The Morgan fingerprint density at radius 2 is 2.06 bits per heavy atom. The van der Waals surface area contributed by atoms with E-state index in [-0.39, 0.29) is 18.9 Å². The highest BCUT2D eigenvalue weighted by atomic mass is 19.3. The van der Waals surface area contributed by atoms with Crippen LogP contribution in [0, 0.1) is 0 Å². The summed E-state index contributed by atoms with van der Waals surface area (Å²) in [5, 5.41) is 8.57. The largest absolute Gasteiger partial charge is 0.475 e. The van der Waals surface area contributed by atoms with Gasteiger partial charge in [-0.2, -0.15) is 0 Å². The van der Waals surface area contributed by atoms with Gasteiger partial charge in [-0.1, -0.05) is 0 Å². The summed E-state index contributed by atoms with van der Waals surface area (Å²) in [6.45, 7) is -1.03. The van der Waals surface area contributed by atoms with Crippen LogP contribution in [-0.4, -0.2) is 35.7 Å². The Labute approximate surface area is 98.4 Å². The number of nitrogens with zero attached hydrogens (tertiary/aromatic N) is 1. The van der Waals surface area contributed by atoms with Crippen LogP contribution < -0.4 is 0 Å². The van der Waals surface area contributed by atoms with E-state index in [1.54, 1.807) is 0 Å². The fourth-order valence-corrected chi connectivity index (χ4v) is 1.12. The van der Waals surface area contributed by atoms with Crippen LogP contribution in [0.3, 0.4) is 0 Å². The molecular formula is C9H9F4NO4. The number of rotatable bonds is 7. The number of carboxylic acids is 1. The molecule has 0 atom stereocenters. The van der Waals surface area contributed by atoms with Gasteiger partial charge in [-0.25, -0.2) is 27.3 Å². The maximum absolute atomic E-state index is 12.4. The molecule has 9 heteroatoms. The summed E-state index contributed by atoms with van der Waals surface area (Å²) in [5.41, 5.74) is -0.980. The summed E-state index contributed by atoms with van der Waals surface area (Å²) < 4.78 is 57.2. The molecule has 0 bridgehead atoms. The first-order chi connectivity index (χ1) is 8.41. The third-order valence-electron chi connectivity index (χ3n) is 1.80. The summed E-state index contributed by atoms with van der Waals surface area (Å²) >= 11 is 0. The van der Waals surface area contributed by atoms with Crippen LogP contribution in [-0.2, 0) is 11.2 Å². The van der Waals surface area contributed by atoms with Gasteiger partial charge in [0, 0.05) is 6.42 Å². The molecule has 0 aliphatic carbocycles. The van der Waals surface area contributed by atoms with Gasteiger partial charge in [0.25, 0.3) is 12.9 Å². The highest BCUT2D eigenvalue weighted by Gasteiger charge is 2.25. The number of ether oxygens (including phenoxy) is 1. The predicted molar refractivity (Wildman–Crippen MR) is 48.9 cm³/mol. The lowest BCUT2D eigenvalue weighted by molar-refractivity contribution is 0.0173. The van der Waals surface area contributed by atoms with E-state index in [9.17, 15) is 22.4 Å². The molecule has 1 N–H and O–H groups in total. The predicted octanol–water partition coefficient (Wildman–Crippen LogP) is 2.13. The second-order valence-corrected chi connectivity index (χ2v) is 3.14. The number of carbonyl (C=O) groups is 1. The van der Waals surface area contributed by atoms with Gasteiger partial charge < -0.3 is 14.3 Å². The number of carboxylic acid groups (broad SMARTS) is 1. The molecule has 1 heterocycles. The Morgan fingerprint density at radius 1 is 1.39 bits per heavy atom. The Hall–Kier alpha value is -1.64. The average Bonchev–Trinajstić information content (AvgIpc) is 2.68. The average molecular weight is 271 g/mol. The number of aromatic nitrogens is 1. The molecule has 0 aromatic carbocycles. The molecule has 0 aliphatic rings. The first-order valence-electron chi connectivity index (χ1n) is 4.78. The van der Waals surface area contributed by atoms with Crippen molar-refractivity contribution >= 4 is 5.97 Å². The second-order valence-electron chi connectivity index (χ2n) is 3.14. The molecule has 18 heavy (non-hydrogen) atoms. The van der Waals surface area contributed by atoms with Gasteiger partial charge in [0.15, 0.2) is 11.6 Å². The van der Waals surface area contributed by atoms with Crippen molar-refractivity contribution in [2.75, 3.05) is 13.2 Å². The van der Waals surface area contributed by atoms with Crippen LogP contribution >= 0.6 is 0 Å². The van der Waals surface area contributed by atoms with Crippen LogP contribution in [0.2, 0.25) is 0 Å². The fraction of sp³-hybridized carbons (Fsp3) is 0.556. The van der Waals surface area contributed by atoms with Gasteiger partial charge in [-0.15, -0.1) is 0 Å². The van der Waals surface area contributed by atoms with Gasteiger partial charge in [-0.3, -0.25) is 0 Å². The van der Waals surface area contributed by atoms with Crippen molar-refractivity contribution in [1.29, 1.82) is 0 Å². The van der Waals surface area contributed by atoms with Gasteiger partial charge in [-0.05, 0) is 0 Å². The molecule has 102 valence electrons. The smallest absolute Gasteiger partial charge is 0.374 e. The Kier molecular flexibility index (Phi) is 5.08. The quantitative estimate of drug-likeness (QED) is 0.607. The number of alkyl halides is 4. The van der Waals surface area contributed by atoms with Crippen molar-refractivity contribution in [3.8, 4) is 0 Å². The Balaban J connectivity index is 2.62. The zero-order valence-electron chi connectivity index (χ0n) is 8.91. The van der Waals surface area contributed by atoms with Gasteiger partial charge in [0.1, 0.15) is 6.61 Å². The first kappa shape index (κ1) is 14.4. The summed E-state index contributed by atoms with van der Waals surface area (Å²) in [6.07, 6.45) is -5.89. The van der Waals surface area contributed by atoms with Gasteiger partial charge >= 0.3 is 5.97 Å². The van der Waals surface area contributed by atoms with Crippen molar-refractivity contribution in [3.63, 3.8) is 0 Å². The zero-order chi connectivity index (χ0) is 13.7. The lowest BCUT2D eigenvalue weighted by Gasteiger charge is -2.00. The van der Waals surface area contributed by atoms with E-state index in [0.29, 0.717) is 0 Å². The SMILES string of the molecule is O=C(O)c1oc(CCOCC(F)F)nc1C(F)F. The molecule has 0 saturated heterocycles. The summed E-state index contributed by atoms with van der Waals surface area (Å²) in [7, 11) is 0. The molecule has 0 unspecified atom stereocenters. The minimum absolute atomic E-state index is 0.167. The van der Waals surface area contributed by atoms with Crippen LogP contribution in [0.25, 0.3) is 0 Å². The minimum Gasteiger partial charge on any atom is -0.475 e. The topological polar surface area (TPSA) is 72.6 Å². The monoisotopic (exact) mass is 271 g/mol. The Morgan fingerprint density at radius 3 is 2.50 bits per heavy atom. The van der Waals surface area contributed by atoms with Crippen molar-refractivity contribution < 1.29 is 36.6 Å². The van der Waals surface area contributed by atoms with Crippen molar-refractivity contribution in [1.82, 2.24) is 4.98 Å². The summed E-state index contributed by atoms with van der Waals surface area (Å²) in [6, 6.07) is 0. The first-order valence-corrected chi connectivity index (χ1v) is 4.78. The van der Waals surface area contributed by atoms with E-state index in [0.717, 1.165) is 0 Å². The maximum atomic E-state index is 12.4. The van der Waals surface area contributed by atoms with E-state index in [2.05, 4.69) is 14.1 Å². The van der Waals surface area contributed by atoms with E-state index in [1.807, 2.05) is 0 Å². The standard InChI is InChI=1S/C9H9F4NO4/c10-4(11)3-17-2-1-5-14-6(8(12)13)7(18-5)9(15)16/h4,8H,1-3H2,(H,15,16). The molecule has 0 spiro atoms. The molecule has 5 nitrogen and oxygen atoms in total. The van der Waals surface area contributed by atoms with Gasteiger partial charge in [0.2, 0.25) is 5.76 Å². The molecule has 0 saturated carbocycles. The van der Waals surface area contributed by atoms with Crippen molar-refractivity contribution in [3.05, 3.63) is 17.3 Å². The highest BCUT2D eigenvalue weighted by Crippen LogP contribution is 2.23.